The number of rotatable bonds is 8. The number of nitrogens with zero attached hydrogens (tertiary/aromatic N) is 5. The normalized spacial score (nSPS) is 20.9. The number of alkyl carbamates (subject to hydrolysis) is 1. The van der Waals surface area contributed by atoms with Crippen LogP contribution in [-0.4, -0.2) is 51.5 Å². The molecular weight excluding hydrogens is 451 g/mol. The molecule has 2 bridgehead atoms. The summed E-state index contributed by atoms with van der Waals surface area (Å²) in [5.74, 6) is 0.788. The van der Waals surface area contributed by atoms with E-state index in [1.165, 1.54) is 12.1 Å². The standard InChI is InChI=1S/C22H22ClFN6O3/c23-17-7-6-16(11-18(17)24)32-9-8-30-21(26-27-28-30)29-12-15-10-19(29)20(15)25-22(31)33-13-14-4-2-1-3-5-14/h1-7,11,15,19-20H,8-10,12-13H2,(H,25,31)/t15-,19-,20+/m0/s1. The lowest BCUT2D eigenvalue weighted by Gasteiger charge is -2.36. The quantitative estimate of drug-likeness (QED) is 0.538. The van der Waals surface area contributed by atoms with Crippen molar-refractivity contribution < 1.29 is 18.7 Å². The van der Waals surface area contributed by atoms with Crippen LogP contribution in [-0.2, 0) is 17.9 Å². The van der Waals surface area contributed by atoms with Gasteiger partial charge in [0.05, 0.1) is 23.7 Å². The first-order chi connectivity index (χ1) is 16.1. The first-order valence-electron chi connectivity index (χ1n) is 10.7. The Bertz CT molecular complexity index is 1130. The fourth-order valence-electron chi connectivity index (χ4n) is 4.33. The van der Waals surface area contributed by atoms with Crippen molar-refractivity contribution >= 4 is 23.6 Å². The third-order valence-corrected chi connectivity index (χ3v) is 6.33. The summed E-state index contributed by atoms with van der Waals surface area (Å²) in [6.07, 6.45) is 0.528. The lowest BCUT2D eigenvalue weighted by Crippen LogP contribution is -2.55. The van der Waals surface area contributed by atoms with Gasteiger partial charge in [0, 0.05) is 18.5 Å². The van der Waals surface area contributed by atoms with Crippen molar-refractivity contribution in [2.75, 3.05) is 18.1 Å². The Morgan fingerprint density at radius 2 is 2.09 bits per heavy atom. The molecule has 0 radical (unpaired) electrons. The smallest absolute Gasteiger partial charge is 0.407 e. The molecule has 1 amide bonds. The summed E-state index contributed by atoms with van der Waals surface area (Å²) in [6, 6.07) is 13.9. The molecule has 3 aromatic rings. The second kappa shape index (κ2) is 9.22. The predicted octanol–water partition coefficient (Wildman–Crippen LogP) is 3.05. The number of ether oxygens (including phenoxy) is 2. The van der Waals surface area contributed by atoms with Crippen LogP contribution in [0.15, 0.2) is 48.5 Å². The van der Waals surface area contributed by atoms with Gasteiger partial charge < -0.3 is 19.7 Å². The van der Waals surface area contributed by atoms with Crippen molar-refractivity contribution in [2.24, 2.45) is 5.92 Å². The Labute approximate surface area is 194 Å². The Balaban J connectivity index is 1.13. The van der Waals surface area contributed by atoms with Crippen LogP contribution in [0.3, 0.4) is 0 Å². The summed E-state index contributed by atoms with van der Waals surface area (Å²) in [5.41, 5.74) is 0.939. The highest BCUT2D eigenvalue weighted by Crippen LogP contribution is 2.42. The molecule has 9 nitrogen and oxygen atoms in total. The second-order valence-corrected chi connectivity index (χ2v) is 8.48. The van der Waals surface area contributed by atoms with Crippen molar-refractivity contribution in [3.63, 3.8) is 0 Å². The zero-order chi connectivity index (χ0) is 22.8. The zero-order valence-corrected chi connectivity index (χ0v) is 18.4. The van der Waals surface area contributed by atoms with E-state index in [1.54, 1.807) is 10.7 Å². The summed E-state index contributed by atoms with van der Waals surface area (Å²) in [6.45, 7) is 1.62. The average Bonchev–Trinajstić information content (AvgIpc) is 3.54. The van der Waals surface area contributed by atoms with Gasteiger partial charge in [-0.1, -0.05) is 47.0 Å². The van der Waals surface area contributed by atoms with Crippen LogP contribution in [0.1, 0.15) is 12.0 Å². The molecule has 6 rings (SSSR count). The van der Waals surface area contributed by atoms with Crippen molar-refractivity contribution in [1.82, 2.24) is 25.5 Å². The minimum atomic E-state index is -0.532. The van der Waals surface area contributed by atoms with Gasteiger partial charge in [-0.05, 0) is 34.5 Å². The predicted molar refractivity (Wildman–Crippen MR) is 118 cm³/mol. The van der Waals surface area contributed by atoms with E-state index in [1.807, 2.05) is 30.3 Å². The van der Waals surface area contributed by atoms with Crippen molar-refractivity contribution in [3.05, 3.63) is 64.9 Å². The van der Waals surface area contributed by atoms with E-state index in [4.69, 9.17) is 21.1 Å². The van der Waals surface area contributed by atoms with Crippen LogP contribution in [0.25, 0.3) is 0 Å². The highest BCUT2D eigenvalue weighted by Gasteiger charge is 2.54. The van der Waals surface area contributed by atoms with Crippen LogP contribution in [0.4, 0.5) is 15.1 Å². The van der Waals surface area contributed by atoms with Gasteiger partial charge in [-0.2, -0.15) is 0 Å². The fourth-order valence-corrected chi connectivity index (χ4v) is 4.45. The molecule has 1 saturated carbocycles. The molecule has 2 aromatic carbocycles. The number of benzene rings is 2. The number of aromatic nitrogens is 4. The molecule has 1 aromatic heterocycles. The van der Waals surface area contributed by atoms with Crippen LogP contribution < -0.4 is 15.0 Å². The lowest BCUT2D eigenvalue weighted by atomic mass is 9.80. The van der Waals surface area contributed by atoms with E-state index in [2.05, 4.69) is 25.7 Å². The number of nitrogens with one attached hydrogen (secondary N) is 1. The van der Waals surface area contributed by atoms with Crippen LogP contribution in [0, 0.1) is 11.7 Å². The Kier molecular flexibility index (Phi) is 5.99. The number of carbonyl (C=O) groups excluding carboxylic acids is 1. The van der Waals surface area contributed by atoms with Gasteiger partial charge in [0.15, 0.2) is 0 Å². The van der Waals surface area contributed by atoms with Gasteiger partial charge >= 0.3 is 6.09 Å². The maximum atomic E-state index is 13.6. The molecule has 0 unspecified atom stereocenters. The summed E-state index contributed by atoms with van der Waals surface area (Å²) < 4.78 is 26.2. The highest BCUT2D eigenvalue weighted by molar-refractivity contribution is 6.30. The monoisotopic (exact) mass is 472 g/mol. The first-order valence-corrected chi connectivity index (χ1v) is 11.0. The average molecular weight is 473 g/mol. The van der Waals surface area contributed by atoms with E-state index >= 15 is 0 Å². The molecule has 3 fully saturated rings. The SMILES string of the molecule is O=C(N[C@@H]1[C@H]2C[C@@H]1N(c1nnnn1CCOc1ccc(Cl)c(F)c1)C2)OCc1ccccc1. The maximum Gasteiger partial charge on any atom is 0.407 e. The summed E-state index contributed by atoms with van der Waals surface area (Å²) in [4.78, 5) is 14.4. The Morgan fingerprint density at radius 1 is 1.24 bits per heavy atom. The van der Waals surface area contributed by atoms with Crippen molar-refractivity contribution in [3.8, 4) is 5.75 Å². The number of amides is 1. The van der Waals surface area contributed by atoms with E-state index in [9.17, 15) is 9.18 Å². The van der Waals surface area contributed by atoms with Crippen LogP contribution in [0.5, 0.6) is 5.75 Å². The molecule has 11 heteroatoms. The van der Waals surface area contributed by atoms with Gasteiger partial charge in [-0.3, -0.25) is 0 Å². The van der Waals surface area contributed by atoms with Gasteiger partial charge in [0.1, 0.15) is 24.8 Å². The molecule has 1 aliphatic carbocycles. The third-order valence-electron chi connectivity index (χ3n) is 6.03. The minimum absolute atomic E-state index is 0.00767. The largest absolute Gasteiger partial charge is 0.492 e. The van der Waals surface area contributed by atoms with Crippen LogP contribution in [0.2, 0.25) is 5.02 Å². The molecule has 2 aliphatic heterocycles. The first kappa shape index (κ1) is 21.4. The fraction of sp³-hybridized carbons (Fsp3) is 0.364. The molecule has 2 saturated heterocycles. The van der Waals surface area contributed by atoms with Crippen molar-refractivity contribution in [1.29, 1.82) is 0 Å². The number of anilines is 1. The summed E-state index contributed by atoms with van der Waals surface area (Å²) >= 11 is 5.70. The number of tetrazole rings is 1. The van der Waals surface area contributed by atoms with Gasteiger partial charge in [-0.15, -0.1) is 0 Å². The number of fused-ring (bicyclic) bond motifs is 1. The second-order valence-electron chi connectivity index (χ2n) is 8.07. The number of carbonyl (C=O) groups is 1. The van der Waals surface area contributed by atoms with Gasteiger partial charge in [-0.25, -0.2) is 13.9 Å². The van der Waals surface area contributed by atoms with E-state index in [-0.39, 0.29) is 30.3 Å². The number of hydrogen-bond acceptors (Lipinski definition) is 7. The topological polar surface area (TPSA) is 94.4 Å². The van der Waals surface area contributed by atoms with Gasteiger partial charge in [0.25, 0.3) is 0 Å². The van der Waals surface area contributed by atoms with Crippen LogP contribution >= 0.6 is 11.6 Å². The summed E-state index contributed by atoms with van der Waals surface area (Å²) in [7, 11) is 0. The maximum absolute atomic E-state index is 13.6. The molecule has 172 valence electrons. The van der Waals surface area contributed by atoms with E-state index in [0.29, 0.717) is 24.2 Å². The molecule has 1 N–H and O–H groups in total. The Morgan fingerprint density at radius 3 is 2.91 bits per heavy atom. The van der Waals surface area contributed by atoms with E-state index < -0.39 is 11.9 Å². The molecule has 33 heavy (non-hydrogen) atoms. The molecule has 3 atom stereocenters. The Hall–Kier alpha value is -3.40. The molecule has 0 spiro atoms. The highest BCUT2D eigenvalue weighted by atomic mass is 35.5. The third kappa shape index (κ3) is 4.56. The molecule has 3 aliphatic rings. The van der Waals surface area contributed by atoms with E-state index in [0.717, 1.165) is 18.5 Å². The summed E-state index contributed by atoms with van der Waals surface area (Å²) in [5, 5.41) is 15.0. The van der Waals surface area contributed by atoms with Crippen molar-refractivity contribution in [2.45, 2.75) is 31.7 Å². The van der Waals surface area contributed by atoms with Gasteiger partial charge in [0.2, 0.25) is 5.95 Å². The number of hydrogen-bond donors (Lipinski definition) is 1. The lowest BCUT2D eigenvalue weighted by molar-refractivity contribution is 0.123. The molecular formula is C22H22ClFN6O3. The number of halogens is 2. The zero-order valence-electron chi connectivity index (χ0n) is 17.6. The molecule has 3 heterocycles. The minimum Gasteiger partial charge on any atom is -0.492 e.